The Bertz CT molecular complexity index is 710. The van der Waals surface area contributed by atoms with Crippen LogP contribution in [0.4, 0.5) is 8.78 Å². The second-order valence-electron chi connectivity index (χ2n) is 7.74. The Hall–Kier alpha value is -1.70. The molecule has 1 aliphatic rings. The van der Waals surface area contributed by atoms with Gasteiger partial charge in [-0.2, -0.15) is 0 Å². The van der Waals surface area contributed by atoms with Gasteiger partial charge in [-0.05, 0) is 60.6 Å². The number of benzene rings is 2. The first-order valence-corrected chi connectivity index (χ1v) is 10.2. The van der Waals surface area contributed by atoms with Gasteiger partial charge in [0.1, 0.15) is 0 Å². The summed E-state index contributed by atoms with van der Waals surface area (Å²) < 4.78 is 28.4. The molecule has 3 rings (SSSR count). The number of halogens is 2. The van der Waals surface area contributed by atoms with Crippen molar-refractivity contribution in [1.29, 1.82) is 0 Å². The molecular formula is C24H30F2. The first-order chi connectivity index (χ1) is 12.6. The van der Waals surface area contributed by atoms with Crippen LogP contribution in [0.15, 0.2) is 36.4 Å². The van der Waals surface area contributed by atoms with Crippen molar-refractivity contribution in [2.45, 2.75) is 71.1 Å². The zero-order valence-electron chi connectivity index (χ0n) is 16.0. The van der Waals surface area contributed by atoms with E-state index < -0.39 is 11.6 Å². The Morgan fingerprint density at radius 3 is 2.15 bits per heavy atom. The molecule has 0 nitrogen and oxygen atoms in total. The van der Waals surface area contributed by atoms with Crippen LogP contribution in [0.1, 0.15) is 75.8 Å². The highest BCUT2D eigenvalue weighted by atomic mass is 19.2. The quantitative estimate of drug-likeness (QED) is 0.498. The summed E-state index contributed by atoms with van der Waals surface area (Å²) in [4.78, 5) is 0. The van der Waals surface area contributed by atoms with Crippen LogP contribution < -0.4 is 0 Å². The fraction of sp³-hybridized carbons (Fsp3) is 0.500. The topological polar surface area (TPSA) is 0 Å². The van der Waals surface area contributed by atoms with Crippen molar-refractivity contribution in [2.24, 2.45) is 5.92 Å². The summed E-state index contributed by atoms with van der Waals surface area (Å²) in [7, 11) is 0. The van der Waals surface area contributed by atoms with E-state index in [2.05, 4.69) is 19.1 Å². The standard InChI is InChI=1S/C24H30F2/c1-3-5-6-17-7-9-19(10-8-17)20-11-13-21(14-12-20)22-16-15-18(4-2)23(25)24(22)26/h11-17,19H,3-10H2,1-2H3. The average Bonchev–Trinajstić information content (AvgIpc) is 2.69. The molecule has 26 heavy (non-hydrogen) atoms. The van der Waals surface area contributed by atoms with Gasteiger partial charge in [0.25, 0.3) is 0 Å². The lowest BCUT2D eigenvalue weighted by molar-refractivity contribution is 0.304. The summed E-state index contributed by atoms with van der Waals surface area (Å²) in [6, 6.07) is 11.5. The van der Waals surface area contributed by atoms with Crippen molar-refractivity contribution in [3.63, 3.8) is 0 Å². The molecule has 0 saturated heterocycles. The van der Waals surface area contributed by atoms with Crippen LogP contribution in [-0.4, -0.2) is 0 Å². The largest absolute Gasteiger partial charge is 0.203 e. The third kappa shape index (κ3) is 4.16. The van der Waals surface area contributed by atoms with Crippen LogP contribution in [-0.2, 0) is 6.42 Å². The van der Waals surface area contributed by atoms with E-state index in [4.69, 9.17) is 0 Å². The summed E-state index contributed by atoms with van der Waals surface area (Å²) in [6.07, 6.45) is 9.67. The molecule has 0 heterocycles. The monoisotopic (exact) mass is 356 g/mol. The molecule has 0 atom stereocenters. The fourth-order valence-electron chi connectivity index (χ4n) is 4.30. The summed E-state index contributed by atoms with van der Waals surface area (Å²) in [6.45, 7) is 4.10. The van der Waals surface area contributed by atoms with Crippen molar-refractivity contribution >= 4 is 0 Å². The van der Waals surface area contributed by atoms with Crippen LogP contribution in [0.25, 0.3) is 11.1 Å². The van der Waals surface area contributed by atoms with Crippen LogP contribution in [0, 0.1) is 17.6 Å². The van der Waals surface area contributed by atoms with E-state index in [9.17, 15) is 8.78 Å². The van der Waals surface area contributed by atoms with Crippen molar-refractivity contribution in [2.75, 3.05) is 0 Å². The van der Waals surface area contributed by atoms with Crippen LogP contribution in [0.3, 0.4) is 0 Å². The number of hydrogen-bond acceptors (Lipinski definition) is 0. The van der Waals surface area contributed by atoms with E-state index >= 15 is 0 Å². The maximum atomic E-state index is 14.4. The van der Waals surface area contributed by atoms with Crippen LogP contribution in [0.5, 0.6) is 0 Å². The lowest BCUT2D eigenvalue weighted by atomic mass is 9.77. The van der Waals surface area contributed by atoms with E-state index in [1.165, 1.54) is 50.5 Å². The highest BCUT2D eigenvalue weighted by Gasteiger charge is 2.22. The molecule has 1 aliphatic carbocycles. The van der Waals surface area contributed by atoms with E-state index in [1.807, 2.05) is 19.1 Å². The van der Waals surface area contributed by atoms with Gasteiger partial charge in [0.15, 0.2) is 11.6 Å². The molecule has 140 valence electrons. The predicted octanol–water partition coefficient (Wildman–Crippen LogP) is 7.66. The number of aryl methyl sites for hydroxylation is 1. The maximum absolute atomic E-state index is 14.4. The Morgan fingerprint density at radius 1 is 0.846 bits per heavy atom. The van der Waals surface area contributed by atoms with Crippen LogP contribution >= 0.6 is 0 Å². The molecule has 1 fully saturated rings. The number of rotatable bonds is 6. The summed E-state index contributed by atoms with van der Waals surface area (Å²) in [5.74, 6) is 0.0820. The third-order valence-corrected chi connectivity index (χ3v) is 6.05. The molecule has 1 saturated carbocycles. The first-order valence-electron chi connectivity index (χ1n) is 10.2. The summed E-state index contributed by atoms with van der Waals surface area (Å²) in [5, 5.41) is 0. The Kier molecular flexibility index (Phi) is 6.45. The van der Waals surface area contributed by atoms with E-state index in [0.717, 1.165) is 11.5 Å². The fourth-order valence-corrected chi connectivity index (χ4v) is 4.30. The summed E-state index contributed by atoms with van der Waals surface area (Å²) >= 11 is 0. The van der Waals surface area contributed by atoms with Gasteiger partial charge in [0, 0.05) is 5.56 Å². The second-order valence-corrected chi connectivity index (χ2v) is 7.74. The van der Waals surface area contributed by atoms with Gasteiger partial charge in [-0.1, -0.05) is 69.5 Å². The minimum atomic E-state index is -0.728. The number of hydrogen-bond donors (Lipinski definition) is 0. The van der Waals surface area contributed by atoms with Gasteiger partial charge < -0.3 is 0 Å². The zero-order chi connectivity index (χ0) is 18.5. The molecule has 2 aromatic rings. The van der Waals surface area contributed by atoms with E-state index in [0.29, 0.717) is 23.5 Å². The highest BCUT2D eigenvalue weighted by Crippen LogP contribution is 2.38. The smallest absolute Gasteiger partial charge is 0.166 e. The normalized spacial score (nSPS) is 20.3. The van der Waals surface area contributed by atoms with E-state index in [-0.39, 0.29) is 0 Å². The second kappa shape index (κ2) is 8.79. The Balaban J connectivity index is 1.69. The Labute approximate surface area is 156 Å². The first kappa shape index (κ1) is 19.1. The SMILES string of the molecule is CCCCC1CCC(c2ccc(-c3ccc(CC)c(F)c3F)cc2)CC1. The van der Waals surface area contributed by atoms with Crippen molar-refractivity contribution in [1.82, 2.24) is 0 Å². The van der Waals surface area contributed by atoms with Crippen molar-refractivity contribution in [3.05, 3.63) is 59.2 Å². The van der Waals surface area contributed by atoms with Gasteiger partial charge >= 0.3 is 0 Å². The maximum Gasteiger partial charge on any atom is 0.166 e. The average molecular weight is 357 g/mol. The van der Waals surface area contributed by atoms with Gasteiger partial charge in [-0.15, -0.1) is 0 Å². The molecule has 0 amide bonds. The number of unbranched alkanes of at least 4 members (excludes halogenated alkanes) is 1. The summed E-state index contributed by atoms with van der Waals surface area (Å²) in [5.41, 5.74) is 2.88. The Morgan fingerprint density at radius 2 is 1.54 bits per heavy atom. The molecule has 2 heteroatoms. The molecule has 0 spiro atoms. The molecule has 0 N–H and O–H groups in total. The van der Waals surface area contributed by atoms with Gasteiger partial charge in [0.05, 0.1) is 0 Å². The molecule has 0 unspecified atom stereocenters. The zero-order valence-corrected chi connectivity index (χ0v) is 16.0. The minimum absolute atomic E-state index is 0.356. The molecule has 0 aromatic heterocycles. The van der Waals surface area contributed by atoms with Crippen molar-refractivity contribution in [3.8, 4) is 11.1 Å². The minimum Gasteiger partial charge on any atom is -0.203 e. The highest BCUT2D eigenvalue weighted by molar-refractivity contribution is 5.65. The lowest BCUT2D eigenvalue weighted by Crippen LogP contribution is -2.13. The lowest BCUT2D eigenvalue weighted by Gasteiger charge is -2.29. The third-order valence-electron chi connectivity index (χ3n) is 6.05. The molecule has 0 bridgehead atoms. The van der Waals surface area contributed by atoms with Crippen molar-refractivity contribution < 1.29 is 8.78 Å². The molecular weight excluding hydrogens is 326 g/mol. The van der Waals surface area contributed by atoms with Crippen LogP contribution in [0.2, 0.25) is 0 Å². The van der Waals surface area contributed by atoms with Gasteiger partial charge in [0.2, 0.25) is 0 Å². The molecule has 0 radical (unpaired) electrons. The molecule has 2 aromatic carbocycles. The van der Waals surface area contributed by atoms with Gasteiger partial charge in [-0.3, -0.25) is 0 Å². The van der Waals surface area contributed by atoms with Gasteiger partial charge in [-0.25, -0.2) is 8.78 Å². The predicted molar refractivity (Wildman–Crippen MR) is 105 cm³/mol. The van der Waals surface area contributed by atoms with E-state index in [1.54, 1.807) is 12.1 Å². The molecule has 0 aliphatic heterocycles.